The van der Waals surface area contributed by atoms with Crippen molar-refractivity contribution in [2.45, 2.75) is 41.8 Å². The van der Waals surface area contributed by atoms with Crippen molar-refractivity contribution in [1.82, 2.24) is 0 Å². The molecule has 1 aliphatic rings. The zero-order chi connectivity index (χ0) is 22.2. The van der Waals surface area contributed by atoms with Gasteiger partial charge in [0.05, 0.1) is 4.90 Å². The lowest BCUT2D eigenvalue weighted by Gasteiger charge is -2.16. The molecule has 0 heterocycles. The molecule has 1 aliphatic carbocycles. The molecule has 0 spiro atoms. The van der Waals surface area contributed by atoms with Crippen LogP contribution in [0, 0.1) is 5.82 Å². The van der Waals surface area contributed by atoms with Crippen molar-refractivity contribution in [3.8, 4) is 0 Å². The van der Waals surface area contributed by atoms with E-state index in [2.05, 4.69) is 0 Å². The third kappa shape index (κ3) is 4.58. The summed E-state index contributed by atoms with van der Waals surface area (Å²) in [6, 6.07) is 14.2. The number of benzene rings is 3. The monoisotopic (exact) mass is 449 g/mol. The molecule has 0 bridgehead atoms. The fourth-order valence-corrected chi connectivity index (χ4v) is 5.52. The second-order valence-corrected chi connectivity index (χ2v) is 9.40. The van der Waals surface area contributed by atoms with Crippen LogP contribution in [-0.2, 0) is 29.1 Å². The number of aryl methyl sites for hydroxylation is 2. The summed E-state index contributed by atoms with van der Waals surface area (Å²) in [5.74, 6) is -0.958. The number of sulfone groups is 1. The minimum atomic E-state index is -4.74. The Kier molecular flexibility index (Phi) is 5.51. The summed E-state index contributed by atoms with van der Waals surface area (Å²) in [5, 5.41) is 1.33. The van der Waals surface area contributed by atoms with Crippen LogP contribution in [0.2, 0.25) is 0 Å². The highest BCUT2D eigenvalue weighted by Gasteiger charge is 2.30. The van der Waals surface area contributed by atoms with Crippen molar-refractivity contribution in [3.63, 3.8) is 0 Å². The standard InChI is InChI=1S/C23H19F4NO2S/c24-20-6-1-2-7-21(20)31(29,30)22-14-19(28-23(25,26)27)11-10-18(22)13-15-8-9-16-4-3-5-17(16)12-15/h1-2,6-12,14,28H,3-5,13H2. The van der Waals surface area contributed by atoms with E-state index in [1.54, 1.807) is 0 Å². The molecule has 0 saturated heterocycles. The van der Waals surface area contributed by atoms with Crippen molar-refractivity contribution in [3.05, 3.63) is 88.7 Å². The lowest BCUT2D eigenvalue weighted by molar-refractivity contribution is -0.0999. The molecule has 0 atom stereocenters. The molecule has 0 amide bonds. The second kappa shape index (κ2) is 8.00. The SMILES string of the molecule is O=S(=O)(c1ccccc1F)c1cc(NC(F)(F)F)ccc1Cc1ccc2c(c1)CCC2. The Labute approximate surface area is 177 Å². The Morgan fingerprint density at radius 1 is 0.871 bits per heavy atom. The number of fused-ring (bicyclic) bond motifs is 1. The van der Waals surface area contributed by atoms with E-state index >= 15 is 0 Å². The number of nitrogens with one attached hydrogen (secondary N) is 1. The summed E-state index contributed by atoms with van der Waals surface area (Å²) in [7, 11) is -4.39. The molecule has 1 N–H and O–H groups in total. The first kappa shape index (κ1) is 21.4. The van der Waals surface area contributed by atoms with Gasteiger partial charge in [-0.3, -0.25) is 5.32 Å². The molecule has 0 unspecified atom stereocenters. The lowest BCUT2D eigenvalue weighted by Crippen LogP contribution is -2.21. The first-order valence-corrected chi connectivity index (χ1v) is 11.2. The van der Waals surface area contributed by atoms with Crippen LogP contribution < -0.4 is 5.32 Å². The molecule has 4 rings (SSSR count). The molecule has 0 aromatic heterocycles. The quantitative estimate of drug-likeness (QED) is 0.403. The first-order valence-electron chi connectivity index (χ1n) is 9.72. The summed E-state index contributed by atoms with van der Waals surface area (Å²) >= 11 is 0. The summed E-state index contributed by atoms with van der Waals surface area (Å²) in [6.45, 7) is 0. The van der Waals surface area contributed by atoms with E-state index in [0.29, 0.717) is 5.56 Å². The largest absolute Gasteiger partial charge is 0.482 e. The molecular weight excluding hydrogens is 430 g/mol. The van der Waals surface area contributed by atoms with Crippen molar-refractivity contribution >= 4 is 15.5 Å². The van der Waals surface area contributed by atoms with E-state index in [-0.39, 0.29) is 11.3 Å². The van der Waals surface area contributed by atoms with Crippen LogP contribution in [0.3, 0.4) is 0 Å². The molecule has 31 heavy (non-hydrogen) atoms. The van der Waals surface area contributed by atoms with Crippen molar-refractivity contribution in [2.24, 2.45) is 0 Å². The minimum absolute atomic E-state index is 0.197. The average Bonchev–Trinajstić information content (AvgIpc) is 3.16. The van der Waals surface area contributed by atoms with Crippen LogP contribution in [0.5, 0.6) is 0 Å². The summed E-state index contributed by atoms with van der Waals surface area (Å²) in [4.78, 5) is -0.929. The minimum Gasteiger partial charge on any atom is -0.297 e. The number of anilines is 1. The van der Waals surface area contributed by atoms with Gasteiger partial charge in [0.25, 0.3) is 0 Å². The van der Waals surface area contributed by atoms with E-state index in [4.69, 9.17) is 0 Å². The first-order chi connectivity index (χ1) is 14.6. The maximum atomic E-state index is 14.3. The Hall–Kier alpha value is -2.87. The number of alkyl halides is 3. The molecule has 0 radical (unpaired) electrons. The molecule has 162 valence electrons. The molecule has 0 saturated carbocycles. The number of rotatable bonds is 5. The Bertz CT molecular complexity index is 1240. The second-order valence-electron chi connectivity index (χ2n) is 7.51. The smallest absolute Gasteiger partial charge is 0.297 e. The van der Waals surface area contributed by atoms with Crippen molar-refractivity contribution < 1.29 is 26.0 Å². The van der Waals surface area contributed by atoms with E-state index in [1.807, 2.05) is 18.2 Å². The fourth-order valence-electron chi connectivity index (χ4n) is 3.93. The van der Waals surface area contributed by atoms with E-state index in [0.717, 1.165) is 43.0 Å². The van der Waals surface area contributed by atoms with E-state index in [9.17, 15) is 26.0 Å². The highest BCUT2D eigenvalue weighted by molar-refractivity contribution is 7.91. The van der Waals surface area contributed by atoms with E-state index < -0.39 is 32.5 Å². The van der Waals surface area contributed by atoms with Gasteiger partial charge in [0.1, 0.15) is 10.7 Å². The normalized spacial score (nSPS) is 13.8. The highest BCUT2D eigenvalue weighted by atomic mass is 32.2. The molecule has 3 nitrogen and oxygen atoms in total. The van der Waals surface area contributed by atoms with Crippen molar-refractivity contribution in [1.29, 1.82) is 0 Å². The van der Waals surface area contributed by atoms with Crippen LogP contribution in [0.1, 0.15) is 28.7 Å². The average molecular weight is 449 g/mol. The van der Waals surface area contributed by atoms with Gasteiger partial charge < -0.3 is 0 Å². The Morgan fingerprint density at radius 3 is 2.35 bits per heavy atom. The molecular formula is C23H19F4NO2S. The Balaban J connectivity index is 1.80. The van der Waals surface area contributed by atoms with Crippen LogP contribution in [-0.4, -0.2) is 14.7 Å². The summed E-state index contributed by atoms with van der Waals surface area (Å²) < 4.78 is 79.2. The van der Waals surface area contributed by atoms with Gasteiger partial charge in [-0.25, -0.2) is 12.8 Å². The van der Waals surface area contributed by atoms with Crippen LogP contribution in [0.4, 0.5) is 23.2 Å². The zero-order valence-corrected chi connectivity index (χ0v) is 17.2. The third-order valence-electron chi connectivity index (χ3n) is 5.33. The maximum absolute atomic E-state index is 14.3. The number of hydrogen-bond donors (Lipinski definition) is 1. The van der Waals surface area contributed by atoms with Gasteiger partial charge in [-0.2, -0.15) is 13.2 Å². The molecule has 0 fully saturated rings. The summed E-state index contributed by atoms with van der Waals surface area (Å²) in [5.41, 5.74) is 3.18. The van der Waals surface area contributed by atoms with Gasteiger partial charge >= 0.3 is 6.30 Å². The van der Waals surface area contributed by atoms with Crippen LogP contribution in [0.15, 0.2) is 70.5 Å². The predicted molar refractivity (Wildman–Crippen MR) is 109 cm³/mol. The lowest BCUT2D eigenvalue weighted by atomic mass is 10.0. The zero-order valence-electron chi connectivity index (χ0n) is 16.3. The number of hydrogen-bond acceptors (Lipinski definition) is 3. The molecule has 8 heteroatoms. The third-order valence-corrected chi connectivity index (χ3v) is 7.20. The van der Waals surface area contributed by atoms with Crippen LogP contribution in [0.25, 0.3) is 0 Å². The van der Waals surface area contributed by atoms with Gasteiger partial charge in [0.2, 0.25) is 9.84 Å². The van der Waals surface area contributed by atoms with E-state index in [1.165, 1.54) is 40.7 Å². The van der Waals surface area contributed by atoms with Gasteiger partial charge in [-0.15, -0.1) is 0 Å². The molecule has 3 aromatic rings. The number of halogens is 4. The Morgan fingerprint density at radius 2 is 1.61 bits per heavy atom. The van der Waals surface area contributed by atoms with Gasteiger partial charge in [-0.05, 0) is 72.2 Å². The van der Waals surface area contributed by atoms with Crippen LogP contribution >= 0.6 is 0 Å². The van der Waals surface area contributed by atoms with Crippen molar-refractivity contribution in [2.75, 3.05) is 5.32 Å². The maximum Gasteiger partial charge on any atom is 0.482 e. The predicted octanol–water partition coefficient (Wildman–Crippen LogP) is 5.67. The van der Waals surface area contributed by atoms with Gasteiger partial charge in [0, 0.05) is 5.69 Å². The highest BCUT2D eigenvalue weighted by Crippen LogP contribution is 2.32. The molecule has 3 aromatic carbocycles. The summed E-state index contributed by atoms with van der Waals surface area (Å²) in [6.07, 6.45) is -1.54. The topological polar surface area (TPSA) is 46.2 Å². The van der Waals surface area contributed by atoms with Gasteiger partial charge in [-0.1, -0.05) is 36.4 Å². The molecule has 0 aliphatic heterocycles. The fraction of sp³-hybridized carbons (Fsp3) is 0.217. The van der Waals surface area contributed by atoms with Gasteiger partial charge in [0.15, 0.2) is 0 Å².